The van der Waals surface area contributed by atoms with Crippen LogP contribution in [0.25, 0.3) is 0 Å². The van der Waals surface area contributed by atoms with E-state index in [4.69, 9.17) is 5.73 Å². The van der Waals surface area contributed by atoms with Gasteiger partial charge in [-0.05, 0) is 12.8 Å². The molecule has 1 aliphatic heterocycles. The summed E-state index contributed by atoms with van der Waals surface area (Å²) in [4.78, 5) is 8.42. The smallest absolute Gasteiger partial charge is 0.144 e. The molecule has 4 heteroatoms. The van der Waals surface area contributed by atoms with Crippen molar-refractivity contribution in [1.82, 2.24) is 9.97 Å². The number of hydrogen-bond donors (Lipinski definition) is 2. The van der Waals surface area contributed by atoms with Gasteiger partial charge in [0.05, 0.1) is 6.54 Å². The van der Waals surface area contributed by atoms with Crippen LogP contribution in [-0.2, 0) is 13.0 Å². The van der Waals surface area contributed by atoms with E-state index in [1.807, 2.05) is 6.20 Å². The molecule has 1 aromatic rings. The van der Waals surface area contributed by atoms with Crippen LogP contribution in [0, 0.1) is 0 Å². The quantitative estimate of drug-likeness (QED) is 0.626. The second-order valence-corrected chi connectivity index (χ2v) is 2.89. The van der Waals surface area contributed by atoms with Crippen LogP contribution in [0.1, 0.15) is 17.8 Å². The number of nitrogens with two attached hydrogens (primary N) is 1. The average molecular weight is 164 g/mol. The zero-order valence-electron chi connectivity index (χ0n) is 6.88. The zero-order chi connectivity index (χ0) is 8.39. The van der Waals surface area contributed by atoms with E-state index in [9.17, 15) is 0 Å². The van der Waals surface area contributed by atoms with Crippen molar-refractivity contribution in [3.8, 4) is 0 Å². The Kier molecular flexibility index (Phi) is 1.91. The highest BCUT2D eigenvalue weighted by atomic mass is 15.0. The second kappa shape index (κ2) is 3.06. The molecular formula is C8H12N4. The first-order valence-corrected chi connectivity index (χ1v) is 4.19. The lowest BCUT2D eigenvalue weighted by Crippen LogP contribution is -2.15. The minimum atomic E-state index is 0.412. The normalized spacial score (nSPS) is 15.1. The minimum Gasteiger partial charge on any atom is -0.370 e. The number of fused-ring (bicyclic) bond motifs is 1. The molecule has 0 amide bonds. The van der Waals surface area contributed by atoms with Gasteiger partial charge >= 0.3 is 0 Å². The number of nitrogens with zero attached hydrogens (tertiary/aromatic N) is 2. The largest absolute Gasteiger partial charge is 0.370 e. The Labute approximate surface area is 71.2 Å². The van der Waals surface area contributed by atoms with Gasteiger partial charge in [-0.25, -0.2) is 9.97 Å². The Balaban J connectivity index is 2.36. The predicted octanol–water partition coefficient (Wildman–Crippen LogP) is 0.293. The molecule has 12 heavy (non-hydrogen) atoms. The summed E-state index contributed by atoms with van der Waals surface area (Å²) in [5, 5.41) is 3.23. The highest BCUT2D eigenvalue weighted by Gasteiger charge is 2.09. The van der Waals surface area contributed by atoms with Crippen LogP contribution in [0.5, 0.6) is 0 Å². The number of hydrogen-bond acceptors (Lipinski definition) is 4. The molecule has 2 heterocycles. The fourth-order valence-corrected chi connectivity index (χ4v) is 1.36. The van der Waals surface area contributed by atoms with Crippen LogP contribution in [0.2, 0.25) is 0 Å². The van der Waals surface area contributed by atoms with Gasteiger partial charge in [-0.15, -0.1) is 0 Å². The summed E-state index contributed by atoms with van der Waals surface area (Å²) in [6, 6.07) is 0. The molecule has 0 atom stereocenters. The highest BCUT2D eigenvalue weighted by Crippen LogP contribution is 2.17. The fourth-order valence-electron chi connectivity index (χ4n) is 1.36. The van der Waals surface area contributed by atoms with Crippen LogP contribution in [-0.4, -0.2) is 16.5 Å². The van der Waals surface area contributed by atoms with E-state index in [1.165, 1.54) is 12.0 Å². The third-order valence-corrected chi connectivity index (χ3v) is 2.01. The van der Waals surface area contributed by atoms with E-state index in [2.05, 4.69) is 15.3 Å². The maximum atomic E-state index is 5.43. The van der Waals surface area contributed by atoms with Gasteiger partial charge in [0.2, 0.25) is 0 Å². The van der Waals surface area contributed by atoms with Crippen LogP contribution < -0.4 is 11.1 Å². The summed E-state index contributed by atoms with van der Waals surface area (Å²) in [5.74, 6) is 1.68. The second-order valence-electron chi connectivity index (χ2n) is 2.89. The Hall–Kier alpha value is -1.16. The highest BCUT2D eigenvalue weighted by molar-refractivity contribution is 5.44. The lowest BCUT2D eigenvalue weighted by molar-refractivity contribution is 0.789. The first kappa shape index (κ1) is 7.49. The summed E-state index contributed by atoms with van der Waals surface area (Å²) in [6.45, 7) is 1.42. The Morgan fingerprint density at radius 3 is 3.33 bits per heavy atom. The fraction of sp³-hybridized carbons (Fsp3) is 0.500. The van der Waals surface area contributed by atoms with Gasteiger partial charge in [-0.3, -0.25) is 0 Å². The van der Waals surface area contributed by atoms with E-state index in [0.717, 1.165) is 18.8 Å². The first-order chi connectivity index (χ1) is 5.90. The van der Waals surface area contributed by atoms with Crippen molar-refractivity contribution in [3.63, 3.8) is 0 Å². The van der Waals surface area contributed by atoms with Gasteiger partial charge in [0, 0.05) is 18.3 Å². The standard InChI is InChI=1S/C8H12N4/c9-4-7-11-5-6-2-1-3-10-8(6)12-7/h5H,1-4,9H2,(H,10,11,12). The van der Waals surface area contributed by atoms with Crippen molar-refractivity contribution in [2.45, 2.75) is 19.4 Å². The Bertz CT molecular complexity index is 284. The summed E-state index contributed by atoms with van der Waals surface area (Å²) >= 11 is 0. The molecule has 0 aliphatic carbocycles. The van der Waals surface area contributed by atoms with Crippen LogP contribution in [0.15, 0.2) is 6.20 Å². The Morgan fingerprint density at radius 1 is 1.58 bits per heavy atom. The molecule has 0 aromatic carbocycles. The summed E-state index contributed by atoms with van der Waals surface area (Å²) in [7, 11) is 0. The van der Waals surface area contributed by atoms with Crippen molar-refractivity contribution in [2.24, 2.45) is 5.73 Å². The first-order valence-electron chi connectivity index (χ1n) is 4.19. The molecule has 0 fully saturated rings. The minimum absolute atomic E-state index is 0.412. The maximum Gasteiger partial charge on any atom is 0.144 e. The summed E-state index contributed by atoms with van der Waals surface area (Å²) < 4.78 is 0. The molecule has 3 N–H and O–H groups in total. The molecule has 0 saturated heterocycles. The van der Waals surface area contributed by atoms with Gasteiger partial charge in [0.1, 0.15) is 11.6 Å². The molecule has 0 unspecified atom stereocenters. The van der Waals surface area contributed by atoms with Crippen LogP contribution >= 0.6 is 0 Å². The topological polar surface area (TPSA) is 63.8 Å². The van der Waals surface area contributed by atoms with Gasteiger partial charge in [0.25, 0.3) is 0 Å². The molecule has 64 valence electrons. The molecule has 0 radical (unpaired) electrons. The van der Waals surface area contributed by atoms with Gasteiger partial charge in [-0.2, -0.15) is 0 Å². The lowest BCUT2D eigenvalue weighted by atomic mass is 10.1. The van der Waals surface area contributed by atoms with Crippen molar-refractivity contribution in [1.29, 1.82) is 0 Å². The molecule has 1 aliphatic rings. The number of aromatic nitrogens is 2. The third kappa shape index (κ3) is 1.25. The van der Waals surface area contributed by atoms with E-state index < -0.39 is 0 Å². The van der Waals surface area contributed by atoms with E-state index >= 15 is 0 Å². The van der Waals surface area contributed by atoms with Gasteiger partial charge in [0.15, 0.2) is 0 Å². The van der Waals surface area contributed by atoms with Gasteiger partial charge < -0.3 is 11.1 Å². The summed E-state index contributed by atoms with van der Waals surface area (Å²) in [5.41, 5.74) is 6.64. The zero-order valence-corrected chi connectivity index (χ0v) is 6.88. The average Bonchev–Trinajstić information content (AvgIpc) is 2.17. The van der Waals surface area contributed by atoms with Crippen molar-refractivity contribution >= 4 is 5.82 Å². The molecule has 0 saturated carbocycles. The molecule has 0 spiro atoms. The van der Waals surface area contributed by atoms with Crippen LogP contribution in [0.4, 0.5) is 5.82 Å². The molecule has 4 nitrogen and oxygen atoms in total. The SMILES string of the molecule is NCc1ncc2c(n1)NCCC2. The monoisotopic (exact) mass is 164 g/mol. The maximum absolute atomic E-state index is 5.43. The van der Waals surface area contributed by atoms with E-state index in [0.29, 0.717) is 12.4 Å². The van der Waals surface area contributed by atoms with E-state index in [1.54, 1.807) is 0 Å². The number of aryl methyl sites for hydroxylation is 1. The van der Waals surface area contributed by atoms with E-state index in [-0.39, 0.29) is 0 Å². The number of rotatable bonds is 1. The molecular weight excluding hydrogens is 152 g/mol. The van der Waals surface area contributed by atoms with Crippen LogP contribution in [0.3, 0.4) is 0 Å². The molecule has 1 aromatic heterocycles. The predicted molar refractivity (Wildman–Crippen MR) is 46.7 cm³/mol. The third-order valence-electron chi connectivity index (χ3n) is 2.01. The van der Waals surface area contributed by atoms with Crippen molar-refractivity contribution in [3.05, 3.63) is 17.6 Å². The summed E-state index contributed by atoms with van der Waals surface area (Å²) in [6.07, 6.45) is 4.11. The van der Waals surface area contributed by atoms with Crippen molar-refractivity contribution in [2.75, 3.05) is 11.9 Å². The van der Waals surface area contributed by atoms with Gasteiger partial charge in [-0.1, -0.05) is 0 Å². The molecule has 0 bridgehead atoms. The molecule has 2 rings (SSSR count). The number of anilines is 1. The number of nitrogens with one attached hydrogen (secondary N) is 1. The van der Waals surface area contributed by atoms with Crippen molar-refractivity contribution < 1.29 is 0 Å². The Morgan fingerprint density at radius 2 is 2.50 bits per heavy atom. The lowest BCUT2D eigenvalue weighted by Gasteiger charge is -2.16.